The molecule has 0 atom stereocenters. The predicted octanol–water partition coefficient (Wildman–Crippen LogP) is 2.52. The lowest BCUT2D eigenvalue weighted by Gasteiger charge is -2.47. The van der Waals surface area contributed by atoms with Gasteiger partial charge in [0, 0.05) is 16.8 Å². The molecule has 0 aliphatic heterocycles. The van der Waals surface area contributed by atoms with Crippen LogP contribution < -0.4 is 5.73 Å². The lowest BCUT2D eigenvalue weighted by atomic mass is 9.59. The molecule has 70 valence electrons. The molecule has 0 unspecified atom stereocenters. The minimum Gasteiger partial charge on any atom is -0.330 e. The van der Waals surface area contributed by atoms with E-state index in [1.54, 1.807) is 0 Å². The van der Waals surface area contributed by atoms with Crippen molar-refractivity contribution in [3.63, 3.8) is 0 Å². The van der Waals surface area contributed by atoms with Gasteiger partial charge in [0.2, 0.25) is 0 Å². The van der Waals surface area contributed by atoms with E-state index in [0.29, 0.717) is 5.41 Å². The Bertz CT molecular complexity index is 303. The molecule has 2 aliphatic rings. The van der Waals surface area contributed by atoms with Crippen molar-refractivity contribution in [1.82, 2.24) is 0 Å². The number of nitrogens with two attached hydrogens (primary N) is 1. The molecule has 2 N–H and O–H groups in total. The van der Waals surface area contributed by atoms with Crippen LogP contribution >= 0.6 is 11.3 Å². The molecule has 2 aliphatic carbocycles. The summed E-state index contributed by atoms with van der Waals surface area (Å²) in [6.45, 7) is 0.843. The molecule has 0 saturated heterocycles. The minimum absolute atomic E-state index is 0.380. The third kappa shape index (κ3) is 1.02. The van der Waals surface area contributed by atoms with Gasteiger partial charge in [0.05, 0.1) is 0 Å². The molecule has 1 aromatic rings. The number of rotatable bonds is 2. The van der Waals surface area contributed by atoms with Gasteiger partial charge in [0.1, 0.15) is 0 Å². The zero-order chi connectivity index (χ0) is 8.94. The molecular weight excluding hydrogens is 178 g/mol. The van der Waals surface area contributed by atoms with E-state index in [2.05, 4.69) is 17.5 Å². The first kappa shape index (κ1) is 8.01. The molecule has 1 nitrogen and oxygen atoms in total. The first-order valence-electron chi connectivity index (χ1n) is 5.03. The van der Waals surface area contributed by atoms with E-state index in [4.69, 9.17) is 5.73 Å². The lowest BCUT2D eigenvalue weighted by Crippen LogP contribution is -2.47. The summed E-state index contributed by atoms with van der Waals surface area (Å²) in [7, 11) is 0. The van der Waals surface area contributed by atoms with Crippen LogP contribution in [0.4, 0.5) is 0 Å². The van der Waals surface area contributed by atoms with Crippen LogP contribution in [0.2, 0.25) is 0 Å². The van der Waals surface area contributed by atoms with Gasteiger partial charge >= 0.3 is 0 Å². The van der Waals surface area contributed by atoms with Crippen LogP contribution in [0.25, 0.3) is 0 Å². The highest BCUT2D eigenvalue weighted by molar-refractivity contribution is 7.10. The van der Waals surface area contributed by atoms with Crippen molar-refractivity contribution in [2.45, 2.75) is 31.1 Å². The maximum atomic E-state index is 5.92. The second-order valence-corrected chi connectivity index (χ2v) is 5.76. The fourth-order valence-corrected chi connectivity index (χ4v) is 3.85. The smallest absolute Gasteiger partial charge is 0.0180 e. The Morgan fingerprint density at radius 2 is 2.15 bits per heavy atom. The van der Waals surface area contributed by atoms with Crippen molar-refractivity contribution >= 4 is 11.3 Å². The fourth-order valence-electron chi connectivity index (χ4n) is 2.91. The van der Waals surface area contributed by atoms with Gasteiger partial charge in [-0.15, -0.1) is 11.3 Å². The summed E-state index contributed by atoms with van der Waals surface area (Å²) in [5.74, 6) is 0. The van der Waals surface area contributed by atoms with Gasteiger partial charge in [0.15, 0.2) is 0 Å². The quantitative estimate of drug-likeness (QED) is 0.767. The summed E-state index contributed by atoms with van der Waals surface area (Å²) in [4.78, 5) is 1.52. The molecule has 0 bridgehead atoms. The molecule has 0 amide bonds. The largest absolute Gasteiger partial charge is 0.330 e. The summed E-state index contributed by atoms with van der Waals surface area (Å²) in [5, 5.41) is 2.17. The van der Waals surface area contributed by atoms with E-state index in [1.165, 1.54) is 30.6 Å². The van der Waals surface area contributed by atoms with Gasteiger partial charge in [0.25, 0.3) is 0 Å². The van der Waals surface area contributed by atoms with Gasteiger partial charge < -0.3 is 5.73 Å². The highest BCUT2D eigenvalue weighted by atomic mass is 32.1. The number of thiophene rings is 1. The van der Waals surface area contributed by atoms with Crippen molar-refractivity contribution in [2.24, 2.45) is 11.1 Å². The van der Waals surface area contributed by atoms with Gasteiger partial charge in [-0.3, -0.25) is 0 Å². The number of hydrogen-bond acceptors (Lipinski definition) is 2. The van der Waals surface area contributed by atoms with Crippen molar-refractivity contribution in [3.8, 4) is 0 Å². The maximum absolute atomic E-state index is 5.92. The molecule has 2 saturated carbocycles. The zero-order valence-corrected chi connectivity index (χ0v) is 8.57. The summed E-state index contributed by atoms with van der Waals surface area (Å²) < 4.78 is 0. The van der Waals surface area contributed by atoms with E-state index in [9.17, 15) is 0 Å². The van der Waals surface area contributed by atoms with Gasteiger partial charge in [-0.05, 0) is 42.5 Å². The number of hydrogen-bond donors (Lipinski definition) is 1. The third-order valence-electron chi connectivity index (χ3n) is 3.82. The average Bonchev–Trinajstić information content (AvgIpc) is 2.67. The van der Waals surface area contributed by atoms with Gasteiger partial charge in [-0.1, -0.05) is 6.07 Å². The van der Waals surface area contributed by atoms with Crippen LogP contribution in [0.15, 0.2) is 17.5 Å². The Morgan fingerprint density at radius 3 is 2.62 bits per heavy atom. The Hall–Kier alpha value is -0.340. The average molecular weight is 193 g/mol. The Kier molecular flexibility index (Phi) is 1.46. The normalized spacial score (nSPS) is 27.2. The van der Waals surface area contributed by atoms with Crippen LogP contribution in [0.5, 0.6) is 0 Å². The first-order valence-corrected chi connectivity index (χ1v) is 5.91. The van der Waals surface area contributed by atoms with Crippen LogP contribution in [0, 0.1) is 5.41 Å². The Labute approximate surface area is 83.0 Å². The van der Waals surface area contributed by atoms with Gasteiger partial charge in [-0.25, -0.2) is 0 Å². The molecular formula is C11H15NS. The van der Waals surface area contributed by atoms with Crippen molar-refractivity contribution in [1.29, 1.82) is 0 Å². The highest BCUT2D eigenvalue weighted by Crippen LogP contribution is 2.68. The van der Waals surface area contributed by atoms with Crippen LogP contribution in [0.3, 0.4) is 0 Å². The van der Waals surface area contributed by atoms with Gasteiger partial charge in [-0.2, -0.15) is 0 Å². The Balaban J connectivity index is 1.87. The molecule has 3 rings (SSSR count). The molecule has 2 fully saturated rings. The first-order chi connectivity index (χ1) is 6.29. The van der Waals surface area contributed by atoms with E-state index >= 15 is 0 Å². The van der Waals surface area contributed by atoms with Crippen molar-refractivity contribution in [2.75, 3.05) is 6.54 Å². The standard InChI is InChI=1S/C11H15NS/c12-8-11(9-2-1-5-13-9)6-10(7-11)3-4-10/h1-2,5H,3-4,6-8,12H2. The summed E-state index contributed by atoms with van der Waals surface area (Å²) in [6.07, 6.45) is 5.63. The molecule has 2 heteroatoms. The minimum atomic E-state index is 0.380. The third-order valence-corrected chi connectivity index (χ3v) is 4.93. The van der Waals surface area contributed by atoms with Crippen molar-refractivity contribution in [3.05, 3.63) is 22.4 Å². The fraction of sp³-hybridized carbons (Fsp3) is 0.636. The van der Waals surface area contributed by atoms with E-state index in [-0.39, 0.29) is 0 Å². The zero-order valence-electron chi connectivity index (χ0n) is 7.75. The summed E-state index contributed by atoms with van der Waals surface area (Å²) in [6, 6.07) is 4.40. The molecule has 0 radical (unpaired) electrons. The second-order valence-electron chi connectivity index (χ2n) is 4.82. The van der Waals surface area contributed by atoms with E-state index in [1.807, 2.05) is 11.3 Å². The highest BCUT2D eigenvalue weighted by Gasteiger charge is 2.60. The molecule has 13 heavy (non-hydrogen) atoms. The van der Waals surface area contributed by atoms with E-state index < -0.39 is 0 Å². The topological polar surface area (TPSA) is 26.0 Å². The van der Waals surface area contributed by atoms with Crippen LogP contribution in [0.1, 0.15) is 30.6 Å². The maximum Gasteiger partial charge on any atom is 0.0180 e. The molecule has 1 heterocycles. The Morgan fingerprint density at radius 1 is 1.38 bits per heavy atom. The monoisotopic (exact) mass is 193 g/mol. The SMILES string of the molecule is NCC1(c2cccs2)CC2(CC2)C1. The molecule has 1 aromatic heterocycles. The lowest BCUT2D eigenvalue weighted by molar-refractivity contribution is 0.130. The predicted molar refractivity (Wildman–Crippen MR) is 56.0 cm³/mol. The van der Waals surface area contributed by atoms with Crippen molar-refractivity contribution < 1.29 is 0 Å². The van der Waals surface area contributed by atoms with E-state index in [0.717, 1.165) is 12.0 Å². The summed E-state index contributed by atoms with van der Waals surface area (Å²) >= 11 is 1.88. The van der Waals surface area contributed by atoms with Crippen LogP contribution in [-0.2, 0) is 5.41 Å². The second kappa shape index (κ2) is 2.37. The van der Waals surface area contributed by atoms with Crippen LogP contribution in [-0.4, -0.2) is 6.54 Å². The molecule has 1 spiro atoms. The molecule has 0 aromatic carbocycles. The summed E-state index contributed by atoms with van der Waals surface area (Å²) in [5.41, 5.74) is 7.05.